The molecule has 4 rings (SSSR count). The van der Waals surface area contributed by atoms with E-state index in [9.17, 15) is 9.59 Å². The lowest BCUT2D eigenvalue weighted by Gasteiger charge is -2.26. The molecule has 4 N–H and O–H groups in total. The van der Waals surface area contributed by atoms with Crippen molar-refractivity contribution in [2.45, 2.75) is 6.92 Å². The summed E-state index contributed by atoms with van der Waals surface area (Å²) in [6.07, 6.45) is 1.37. The van der Waals surface area contributed by atoms with Crippen LogP contribution in [-0.2, 0) is 4.79 Å². The van der Waals surface area contributed by atoms with Crippen molar-refractivity contribution in [3.63, 3.8) is 0 Å². The molecule has 30 heavy (non-hydrogen) atoms. The zero-order valence-corrected chi connectivity index (χ0v) is 16.5. The molecule has 2 amide bonds. The Morgan fingerprint density at radius 1 is 1.17 bits per heavy atom. The smallest absolute Gasteiger partial charge is 0.264 e. The molecule has 0 unspecified atom stereocenters. The fourth-order valence-electron chi connectivity index (χ4n) is 3.06. The predicted molar refractivity (Wildman–Crippen MR) is 114 cm³/mol. The van der Waals surface area contributed by atoms with Gasteiger partial charge in [0.15, 0.2) is 6.61 Å². The van der Waals surface area contributed by atoms with Crippen molar-refractivity contribution < 1.29 is 14.3 Å². The molecule has 2 heterocycles. The third-order valence-corrected chi connectivity index (χ3v) is 4.64. The molecule has 1 aliphatic heterocycles. The van der Waals surface area contributed by atoms with Crippen LogP contribution in [0.5, 0.6) is 5.75 Å². The van der Waals surface area contributed by atoms with Crippen LogP contribution < -0.4 is 26.0 Å². The number of rotatable bonds is 5. The molecule has 0 atom stereocenters. The van der Waals surface area contributed by atoms with Gasteiger partial charge in [0.05, 0.1) is 5.69 Å². The van der Waals surface area contributed by atoms with Gasteiger partial charge in [0, 0.05) is 30.7 Å². The van der Waals surface area contributed by atoms with E-state index in [0.29, 0.717) is 22.9 Å². The molecular formula is C21H20N6O3. The molecule has 0 aliphatic carbocycles. The second kappa shape index (κ2) is 7.70. The first kappa shape index (κ1) is 19.2. The first-order valence-electron chi connectivity index (χ1n) is 9.21. The maximum absolute atomic E-state index is 11.8. The van der Waals surface area contributed by atoms with E-state index in [-0.39, 0.29) is 24.0 Å². The lowest BCUT2D eigenvalue weighted by Crippen LogP contribution is -2.35. The van der Waals surface area contributed by atoms with Crippen molar-refractivity contribution in [1.82, 2.24) is 9.97 Å². The molecule has 3 aromatic rings. The van der Waals surface area contributed by atoms with Crippen molar-refractivity contribution in [1.29, 1.82) is 0 Å². The summed E-state index contributed by atoms with van der Waals surface area (Å²) in [5.41, 5.74) is 8.84. The molecule has 1 aliphatic rings. The van der Waals surface area contributed by atoms with Gasteiger partial charge < -0.3 is 26.0 Å². The molecule has 152 valence electrons. The largest absolute Gasteiger partial charge is 0.481 e. The van der Waals surface area contributed by atoms with Gasteiger partial charge in [0.2, 0.25) is 5.95 Å². The van der Waals surface area contributed by atoms with Crippen LogP contribution in [0, 0.1) is 6.92 Å². The second-order valence-corrected chi connectivity index (χ2v) is 6.86. The number of primary amides is 1. The Labute approximate surface area is 172 Å². The quantitative estimate of drug-likeness (QED) is 0.597. The minimum atomic E-state index is -0.633. The molecule has 2 aromatic carbocycles. The van der Waals surface area contributed by atoms with E-state index in [1.165, 1.54) is 6.20 Å². The van der Waals surface area contributed by atoms with Gasteiger partial charge in [-0.1, -0.05) is 12.1 Å². The Hall–Kier alpha value is -4.14. The van der Waals surface area contributed by atoms with Crippen LogP contribution in [-0.4, -0.2) is 35.4 Å². The summed E-state index contributed by atoms with van der Waals surface area (Å²) in [5.74, 6) is 0.404. The Kier molecular flexibility index (Phi) is 4.93. The molecule has 0 saturated heterocycles. The van der Waals surface area contributed by atoms with Gasteiger partial charge in [-0.3, -0.25) is 9.59 Å². The first-order valence-corrected chi connectivity index (χ1v) is 9.21. The van der Waals surface area contributed by atoms with E-state index in [0.717, 1.165) is 11.3 Å². The molecule has 9 nitrogen and oxygen atoms in total. The van der Waals surface area contributed by atoms with Gasteiger partial charge in [-0.2, -0.15) is 4.98 Å². The number of aromatic nitrogens is 2. The minimum Gasteiger partial charge on any atom is -0.481 e. The fraction of sp³-hybridized carbons (Fsp3) is 0.143. The number of nitrogens with one attached hydrogen (secondary N) is 2. The predicted octanol–water partition coefficient (Wildman–Crippen LogP) is 2.73. The molecule has 1 aromatic heterocycles. The Balaban J connectivity index is 1.62. The average Bonchev–Trinajstić information content (AvgIpc) is 2.71. The molecular weight excluding hydrogens is 384 g/mol. The van der Waals surface area contributed by atoms with Crippen molar-refractivity contribution in [2.75, 3.05) is 29.2 Å². The number of anilines is 5. The third kappa shape index (κ3) is 3.86. The van der Waals surface area contributed by atoms with E-state index in [1.807, 2.05) is 31.2 Å². The second-order valence-electron chi connectivity index (χ2n) is 6.86. The number of aryl methyl sites for hydroxylation is 1. The number of hydrogen-bond acceptors (Lipinski definition) is 7. The molecule has 0 radical (unpaired) electrons. The Morgan fingerprint density at radius 2 is 1.97 bits per heavy atom. The van der Waals surface area contributed by atoms with Gasteiger partial charge >= 0.3 is 0 Å². The molecule has 0 saturated carbocycles. The molecule has 0 bridgehead atoms. The Bertz CT molecular complexity index is 1150. The number of fused-ring (bicyclic) bond motifs is 1. The zero-order valence-electron chi connectivity index (χ0n) is 16.5. The number of nitrogens with zero attached hydrogens (tertiary/aromatic N) is 3. The highest BCUT2D eigenvalue weighted by atomic mass is 16.5. The number of hydrogen-bond donors (Lipinski definition) is 3. The number of nitrogens with two attached hydrogens (primary N) is 1. The topological polar surface area (TPSA) is 122 Å². The SMILES string of the molecule is Cc1cccc(Nc2nc(Nc3ccc4c(c3)OCC(=O)N4C)ncc2C(N)=O)c1. The van der Waals surface area contributed by atoms with Gasteiger partial charge in [-0.15, -0.1) is 0 Å². The maximum Gasteiger partial charge on any atom is 0.264 e. The summed E-state index contributed by atoms with van der Waals surface area (Å²) in [6.45, 7) is 1.96. The summed E-state index contributed by atoms with van der Waals surface area (Å²) in [5, 5.41) is 6.21. The lowest BCUT2D eigenvalue weighted by atomic mass is 10.2. The van der Waals surface area contributed by atoms with Crippen LogP contribution in [0.4, 0.5) is 28.8 Å². The number of likely N-dealkylation sites (N-methyl/N-ethyl adjacent to an activating group) is 1. The van der Waals surface area contributed by atoms with Crippen LogP contribution in [0.3, 0.4) is 0 Å². The highest BCUT2D eigenvalue weighted by molar-refractivity contribution is 5.98. The standard InChI is InChI=1S/C21H20N6O3/c1-12-4-3-5-13(8-12)24-20-15(19(22)29)10-23-21(26-20)25-14-6-7-16-17(9-14)30-11-18(28)27(16)2/h3-10H,11H2,1-2H3,(H2,22,29)(H2,23,24,25,26). The summed E-state index contributed by atoms with van der Waals surface area (Å²) in [4.78, 5) is 33.7. The summed E-state index contributed by atoms with van der Waals surface area (Å²) in [6, 6.07) is 13.0. The van der Waals surface area contributed by atoms with Crippen molar-refractivity contribution in [3.05, 3.63) is 59.8 Å². The van der Waals surface area contributed by atoms with Crippen LogP contribution >= 0.6 is 0 Å². The van der Waals surface area contributed by atoms with Crippen molar-refractivity contribution in [2.24, 2.45) is 5.73 Å². The van der Waals surface area contributed by atoms with Gasteiger partial charge in [-0.25, -0.2) is 4.98 Å². The van der Waals surface area contributed by atoms with E-state index in [2.05, 4.69) is 20.6 Å². The van der Waals surface area contributed by atoms with E-state index in [1.54, 1.807) is 30.1 Å². The minimum absolute atomic E-state index is 0.0126. The monoisotopic (exact) mass is 404 g/mol. The van der Waals surface area contributed by atoms with Crippen LogP contribution in [0.1, 0.15) is 15.9 Å². The van der Waals surface area contributed by atoms with Crippen molar-refractivity contribution >= 4 is 40.6 Å². The van der Waals surface area contributed by atoms with Gasteiger partial charge in [-0.05, 0) is 36.8 Å². The fourth-order valence-corrected chi connectivity index (χ4v) is 3.06. The maximum atomic E-state index is 11.8. The lowest BCUT2D eigenvalue weighted by molar-refractivity contribution is -0.120. The zero-order chi connectivity index (χ0) is 21.3. The molecule has 9 heteroatoms. The summed E-state index contributed by atoms with van der Waals surface area (Å²) >= 11 is 0. The number of carbonyl (C=O) groups excluding carboxylic acids is 2. The highest BCUT2D eigenvalue weighted by Crippen LogP contribution is 2.34. The van der Waals surface area contributed by atoms with Crippen LogP contribution in [0.25, 0.3) is 0 Å². The third-order valence-electron chi connectivity index (χ3n) is 4.64. The average molecular weight is 404 g/mol. The Morgan fingerprint density at radius 3 is 2.73 bits per heavy atom. The summed E-state index contributed by atoms with van der Waals surface area (Å²) in [7, 11) is 1.70. The van der Waals surface area contributed by atoms with Crippen molar-refractivity contribution in [3.8, 4) is 5.75 Å². The van der Waals surface area contributed by atoms with E-state index in [4.69, 9.17) is 10.5 Å². The molecule has 0 fully saturated rings. The van der Waals surface area contributed by atoms with Gasteiger partial charge in [0.25, 0.3) is 11.8 Å². The number of benzene rings is 2. The number of amides is 2. The first-order chi connectivity index (χ1) is 14.4. The number of ether oxygens (including phenoxy) is 1. The van der Waals surface area contributed by atoms with Gasteiger partial charge in [0.1, 0.15) is 17.1 Å². The highest BCUT2D eigenvalue weighted by Gasteiger charge is 2.22. The number of carbonyl (C=O) groups is 2. The van der Waals surface area contributed by atoms with Crippen LogP contribution in [0.2, 0.25) is 0 Å². The van der Waals surface area contributed by atoms with Crippen LogP contribution in [0.15, 0.2) is 48.7 Å². The molecule has 0 spiro atoms. The normalized spacial score (nSPS) is 12.7. The van der Waals surface area contributed by atoms with E-state index >= 15 is 0 Å². The summed E-state index contributed by atoms with van der Waals surface area (Å²) < 4.78 is 5.50. The van der Waals surface area contributed by atoms with E-state index < -0.39 is 5.91 Å².